The van der Waals surface area contributed by atoms with Crippen molar-refractivity contribution in [3.8, 4) is 12.3 Å². The molecular weight excluding hydrogens is 1390 g/mol. The maximum atomic E-state index is 15.5. The lowest BCUT2D eigenvalue weighted by atomic mass is 9.74. The molecule has 0 radical (unpaired) electrons. The quantitative estimate of drug-likeness (QED) is 0.121. The summed E-state index contributed by atoms with van der Waals surface area (Å²) in [7, 11) is 10.7. The van der Waals surface area contributed by atoms with Gasteiger partial charge in [-0.25, -0.2) is 0 Å². The fourth-order valence-electron chi connectivity index (χ4n) is 16.9. The summed E-state index contributed by atoms with van der Waals surface area (Å²) in [6.07, 6.45) is 0.830. The number of fused-ring (bicyclic) bond motifs is 3. The molecule has 3 heterocycles. The molecule has 4 aliphatic carbocycles. The summed E-state index contributed by atoms with van der Waals surface area (Å²) in [5.74, 6) is -12.2. The number of likely N-dealkylation sites (N-methyl/N-ethyl adjacent to an activating group) is 7. The summed E-state index contributed by atoms with van der Waals surface area (Å²) < 4.78 is 90.5. The van der Waals surface area contributed by atoms with Gasteiger partial charge in [0.1, 0.15) is 53.9 Å². The van der Waals surface area contributed by atoms with Crippen LogP contribution in [0, 0.1) is 53.8 Å². The van der Waals surface area contributed by atoms with Crippen LogP contribution in [0.1, 0.15) is 175 Å². The largest absolute Gasteiger partial charge is 0.394 e. The number of methoxy groups -OCH3 is 1. The number of halogens is 6. The molecule has 13 atom stereocenters. The first kappa shape index (κ1) is 85.7. The molecule has 2 saturated heterocycles. The summed E-state index contributed by atoms with van der Waals surface area (Å²) in [4.78, 5) is 191. The van der Waals surface area contributed by atoms with Gasteiger partial charge in [-0.05, 0) is 152 Å². The molecule has 0 aromatic heterocycles. The van der Waals surface area contributed by atoms with Crippen molar-refractivity contribution in [2.45, 2.75) is 248 Å². The number of carbonyl (C=O) groups excluding carboxylic acids is 12. The second-order valence-electron chi connectivity index (χ2n) is 31.2. The zero-order chi connectivity index (χ0) is 78.6. The molecule has 25 nitrogen and oxygen atoms in total. The summed E-state index contributed by atoms with van der Waals surface area (Å²) in [5.41, 5.74) is -1.60. The maximum absolute atomic E-state index is 15.5. The average molecular weight is 1510 g/mol. The van der Waals surface area contributed by atoms with Gasteiger partial charge in [-0.3, -0.25) is 57.5 Å². The highest BCUT2D eigenvalue weighted by Gasteiger charge is 2.54. The van der Waals surface area contributed by atoms with Gasteiger partial charge in [-0.2, -0.15) is 26.3 Å². The van der Waals surface area contributed by atoms with Crippen molar-refractivity contribution in [1.29, 1.82) is 0 Å². The molecule has 7 rings (SSSR count). The van der Waals surface area contributed by atoms with E-state index >= 15 is 28.8 Å². The van der Waals surface area contributed by atoms with E-state index in [0.717, 1.165) is 24.5 Å². The number of hydrogen-bond donors (Lipinski definition) is 3. The molecule has 106 heavy (non-hydrogen) atoms. The van der Waals surface area contributed by atoms with E-state index in [-0.39, 0.29) is 128 Å². The molecule has 3 aliphatic heterocycles. The van der Waals surface area contributed by atoms with E-state index in [1.165, 1.54) is 76.0 Å². The zero-order valence-corrected chi connectivity index (χ0v) is 63.9. The highest BCUT2D eigenvalue weighted by Crippen LogP contribution is 2.45. The number of ether oxygens (including phenoxy) is 1. The minimum atomic E-state index is -4.55. The Kier molecular flexibility index (Phi) is 30.0. The van der Waals surface area contributed by atoms with Gasteiger partial charge in [-0.1, -0.05) is 52.2 Å². The molecule has 0 aromatic carbocycles. The van der Waals surface area contributed by atoms with E-state index in [2.05, 4.69) is 21.9 Å². The van der Waals surface area contributed by atoms with Gasteiger partial charge in [0.2, 0.25) is 70.9 Å². The minimum absolute atomic E-state index is 0.0142. The van der Waals surface area contributed by atoms with Crippen LogP contribution < -0.4 is 16.0 Å². The van der Waals surface area contributed by atoms with Crippen LogP contribution in [0.15, 0.2) is 12.2 Å². The van der Waals surface area contributed by atoms with Crippen molar-refractivity contribution >= 4 is 70.9 Å². The third-order valence-electron chi connectivity index (χ3n) is 24.1. The Bertz CT molecular complexity index is 3240. The number of nitrogens with zero attached hydrogens (tertiary/aromatic N) is 9. The topological polar surface area (TPSA) is 279 Å². The maximum Gasteiger partial charge on any atom is 0.394 e. The van der Waals surface area contributed by atoms with E-state index < -0.39 is 198 Å². The first-order chi connectivity index (χ1) is 49.8. The van der Waals surface area contributed by atoms with Crippen molar-refractivity contribution in [2.24, 2.45) is 41.4 Å². The van der Waals surface area contributed by atoms with Crippen LogP contribution in [-0.2, 0) is 62.3 Å². The zero-order valence-electron chi connectivity index (χ0n) is 63.9. The van der Waals surface area contributed by atoms with Crippen LogP contribution in [0.25, 0.3) is 0 Å². The lowest BCUT2D eigenvalue weighted by Gasteiger charge is -2.46. The van der Waals surface area contributed by atoms with Gasteiger partial charge in [0.25, 0.3) is 0 Å². The Morgan fingerprint density at radius 1 is 0.689 bits per heavy atom. The summed E-state index contributed by atoms with van der Waals surface area (Å²) in [6, 6.07) is -11.0. The molecule has 3 unspecified atom stereocenters. The van der Waals surface area contributed by atoms with Crippen molar-refractivity contribution in [3.05, 3.63) is 12.2 Å². The lowest BCUT2D eigenvalue weighted by Crippen LogP contribution is -2.68. The van der Waals surface area contributed by atoms with Gasteiger partial charge in [0.15, 0.2) is 0 Å². The Labute approximate surface area is 620 Å². The van der Waals surface area contributed by atoms with E-state index in [4.69, 9.17) is 11.2 Å². The number of alkyl halides is 6. The fourth-order valence-corrected chi connectivity index (χ4v) is 16.9. The lowest BCUT2D eigenvalue weighted by molar-refractivity contribution is -0.215. The predicted molar refractivity (Wildman–Crippen MR) is 379 cm³/mol. The summed E-state index contributed by atoms with van der Waals surface area (Å²) >= 11 is 0. The molecule has 12 amide bonds. The van der Waals surface area contributed by atoms with Gasteiger partial charge in [-0.15, -0.1) is 12.3 Å². The van der Waals surface area contributed by atoms with Crippen LogP contribution in [0.2, 0.25) is 0 Å². The van der Waals surface area contributed by atoms with Crippen LogP contribution in [-0.4, -0.2) is 276 Å². The number of amides is 12. The Morgan fingerprint density at radius 2 is 1.33 bits per heavy atom. The van der Waals surface area contributed by atoms with Crippen LogP contribution in [0.4, 0.5) is 26.3 Å². The smallest absolute Gasteiger partial charge is 0.381 e. The van der Waals surface area contributed by atoms with E-state index in [1.54, 1.807) is 39.8 Å². The van der Waals surface area contributed by atoms with E-state index in [1.807, 2.05) is 0 Å². The normalized spacial score (nSPS) is 31.5. The Hall–Kier alpha value is -7.52. The first-order valence-corrected chi connectivity index (χ1v) is 37.9. The molecule has 4 saturated carbocycles. The van der Waals surface area contributed by atoms with Crippen LogP contribution in [0.5, 0.6) is 0 Å². The number of terminal acetylenes is 1. The third-order valence-corrected chi connectivity index (χ3v) is 24.1. The van der Waals surface area contributed by atoms with Crippen molar-refractivity contribution in [1.82, 2.24) is 60.0 Å². The van der Waals surface area contributed by atoms with Gasteiger partial charge < -0.3 is 64.8 Å². The first-order valence-electron chi connectivity index (χ1n) is 37.9. The average Bonchev–Trinajstić information content (AvgIpc) is 1.12. The van der Waals surface area contributed by atoms with Crippen molar-refractivity contribution < 1.29 is 88.6 Å². The van der Waals surface area contributed by atoms with Gasteiger partial charge >= 0.3 is 12.4 Å². The Balaban J connectivity index is 1.31. The van der Waals surface area contributed by atoms with Gasteiger partial charge in [0, 0.05) is 82.5 Å². The van der Waals surface area contributed by atoms with Crippen LogP contribution in [0.3, 0.4) is 0 Å². The fraction of sp³-hybridized carbons (Fsp3) is 0.787. The number of hydrogen-bond acceptors (Lipinski definition) is 13. The molecule has 6 fully saturated rings. The SMILES string of the molecule is C#CC[C@H]1C(=O)N[C@@H]([C@@H](C)CC)C(=O)N(C)CC(=O)N(C)[C@H]2C/C=C\CCN(C2=O)[C@@H](CC2CCC(C(F)(F)F)CC2)C(=O)N(C)CC(=O)N[C@@H](CCC2CCC(C(F)(F)F)C(OC)C2)C(=O)N2C[C@@H](C)C[C@H]2C(=O)NC2(CCC2)C(=O)N(C)[C@@H](C2CCCC2)C(=O)N(C)[C@H](C(=O)N(C)CC)CC(=O)N1C. The monoisotopic (exact) mass is 1500 g/mol. The summed E-state index contributed by atoms with van der Waals surface area (Å²) in [6.45, 7) is 5.56. The second-order valence-corrected chi connectivity index (χ2v) is 31.2. The number of carbonyl (C=O) groups is 12. The molecule has 3 N–H and O–H groups in total. The second kappa shape index (κ2) is 37.1. The standard InChI is InChI=1S/C75H114F6N12O13/c1-14-23-53-64(97)83-62(46(5)15-2)70(103)87(8)44-61(96)89(10)54-26-18-17-21-37-92(69(54)102)57(39-47-27-31-50(32-28-47)74(76,77)78)68(101)86(7)43-59(94)82-52(34-30-48-29-33-51(75(79,80)81)58(40-48)106-13)66(99)93-42-45(4)38-55(93)65(98)84-73(35-22-36-73)72(105)91(12)63(49-24-19-20-25-49)71(104)90(11)56(41-60(95)88(53)9)67(100)85(6)16-3/h1,17-18,45-58,62-63H,15-16,19-44H2,2-13H3,(H,82,94)(H,83,97)(H,84,98)/b18-17-/t45-,46-,47?,48?,50?,51?,52-,53-,54-,55-,56-,57-,58?,62-,63-/m0/s1. The minimum Gasteiger partial charge on any atom is -0.381 e. The van der Waals surface area contributed by atoms with Crippen molar-refractivity contribution in [2.75, 3.05) is 89.2 Å². The Morgan fingerprint density at radius 3 is 1.92 bits per heavy atom. The molecule has 1 spiro atoms. The molecule has 31 heteroatoms. The highest BCUT2D eigenvalue weighted by atomic mass is 19.4. The number of nitrogens with one attached hydrogen (secondary N) is 3. The summed E-state index contributed by atoms with van der Waals surface area (Å²) in [5, 5.41) is 8.55. The molecule has 594 valence electrons. The van der Waals surface area contributed by atoms with Crippen LogP contribution >= 0.6 is 0 Å². The molecule has 0 aromatic rings. The van der Waals surface area contributed by atoms with Crippen molar-refractivity contribution in [3.63, 3.8) is 0 Å². The van der Waals surface area contributed by atoms with E-state index in [0.29, 0.717) is 38.5 Å². The molecule has 2 bridgehead atoms. The number of rotatable bonds is 12. The molecule has 7 aliphatic rings. The highest BCUT2D eigenvalue weighted by molar-refractivity contribution is 6.01. The van der Waals surface area contributed by atoms with E-state index in [9.17, 15) is 55.1 Å². The predicted octanol–water partition coefficient (Wildman–Crippen LogP) is 5.68. The molecular formula is C75H114F6N12O13. The third kappa shape index (κ3) is 20.4. The van der Waals surface area contributed by atoms with Gasteiger partial charge in [0.05, 0.1) is 37.5 Å².